The van der Waals surface area contributed by atoms with Crippen molar-refractivity contribution in [2.45, 2.75) is 0 Å². The van der Waals surface area contributed by atoms with E-state index in [4.69, 9.17) is 23.2 Å². The summed E-state index contributed by atoms with van der Waals surface area (Å²) in [4.78, 5) is 25.5. The minimum atomic E-state index is -0.268. The van der Waals surface area contributed by atoms with Crippen molar-refractivity contribution in [3.8, 4) is 11.1 Å². The Balaban J connectivity index is 1.41. The van der Waals surface area contributed by atoms with Gasteiger partial charge in [-0.05, 0) is 42.3 Å². The number of halogens is 2. The lowest BCUT2D eigenvalue weighted by atomic mass is 10.0. The molecule has 4 aromatic rings. The van der Waals surface area contributed by atoms with Gasteiger partial charge in [0, 0.05) is 37.7 Å². The van der Waals surface area contributed by atoms with Gasteiger partial charge in [-0.1, -0.05) is 35.3 Å². The number of nitrogens with zero attached hydrogens (tertiary/aromatic N) is 6. The van der Waals surface area contributed by atoms with E-state index in [1.54, 1.807) is 29.1 Å². The van der Waals surface area contributed by atoms with Crippen LogP contribution in [-0.2, 0) is 7.05 Å². The van der Waals surface area contributed by atoms with E-state index in [-0.39, 0.29) is 12.6 Å². The summed E-state index contributed by atoms with van der Waals surface area (Å²) in [5, 5.41) is 8.21. The Bertz CT molecular complexity index is 1400. The van der Waals surface area contributed by atoms with Crippen molar-refractivity contribution in [2.24, 2.45) is 7.05 Å². The van der Waals surface area contributed by atoms with E-state index in [0.29, 0.717) is 33.1 Å². The second-order valence-corrected chi connectivity index (χ2v) is 8.79. The summed E-state index contributed by atoms with van der Waals surface area (Å²) in [5.74, 6) is 0.621. The number of amides is 1. The molecule has 5 rings (SSSR count). The number of hydrogen-bond donors (Lipinski definition) is 1. The number of hydrogen-bond acceptors (Lipinski definition) is 6. The maximum atomic E-state index is 13.2. The molecule has 1 N–H and O–H groups in total. The highest BCUT2D eigenvalue weighted by Gasteiger charge is 2.32. The van der Waals surface area contributed by atoms with Gasteiger partial charge in [0.25, 0.3) is 5.91 Å². The van der Waals surface area contributed by atoms with Crippen molar-refractivity contribution in [2.75, 3.05) is 28.8 Å². The van der Waals surface area contributed by atoms with Crippen molar-refractivity contribution in [3.05, 3.63) is 83.1 Å². The molecular weight excluding hydrogens is 473 g/mol. The van der Waals surface area contributed by atoms with Crippen LogP contribution < -0.4 is 15.1 Å². The molecule has 0 saturated carbocycles. The van der Waals surface area contributed by atoms with Crippen LogP contribution in [0.3, 0.4) is 0 Å². The fourth-order valence-corrected chi connectivity index (χ4v) is 4.53. The Kier molecular flexibility index (Phi) is 5.63. The normalized spacial score (nSPS) is 13.3. The molecule has 171 valence electrons. The summed E-state index contributed by atoms with van der Waals surface area (Å²) < 4.78 is 1.75. The zero-order valence-corrected chi connectivity index (χ0v) is 20.0. The molecule has 3 heterocycles. The predicted octanol–water partition coefficient (Wildman–Crippen LogP) is 5.16. The molecule has 8 nitrogen and oxygen atoms in total. The zero-order chi connectivity index (χ0) is 24.0. The third-order valence-electron chi connectivity index (χ3n) is 5.54. The number of aromatic nitrogens is 4. The Morgan fingerprint density at radius 2 is 1.82 bits per heavy atom. The van der Waals surface area contributed by atoms with Crippen LogP contribution >= 0.6 is 23.2 Å². The van der Waals surface area contributed by atoms with E-state index in [1.165, 1.54) is 11.1 Å². The molecule has 34 heavy (non-hydrogen) atoms. The number of nitrogens with one attached hydrogen (secondary N) is 1. The van der Waals surface area contributed by atoms with Gasteiger partial charge in [0.05, 0.1) is 28.6 Å². The molecule has 0 saturated heterocycles. The fourth-order valence-electron chi connectivity index (χ4n) is 3.93. The number of rotatable bonds is 4. The summed E-state index contributed by atoms with van der Waals surface area (Å²) in [7, 11) is 3.72. The first-order chi connectivity index (χ1) is 16.3. The van der Waals surface area contributed by atoms with Gasteiger partial charge in [0.1, 0.15) is 11.4 Å². The van der Waals surface area contributed by atoms with Gasteiger partial charge in [-0.15, -0.1) is 0 Å². The first kappa shape index (κ1) is 22.2. The standard InChI is InChI=1S/C24H20Cl2N7O/c1-14-9-16(7-8-17(14)15-10-28-32(3)12-15)29-24-27-11-18-22(30-24)31(2)13-33(23(18)34)21-19(25)5-4-6-20(21)26/h4-12H,1,13H2,2-3H3,(H,27,29,30). The van der Waals surface area contributed by atoms with Gasteiger partial charge >= 0.3 is 0 Å². The molecule has 0 spiro atoms. The van der Waals surface area contributed by atoms with E-state index in [9.17, 15) is 4.79 Å². The van der Waals surface area contributed by atoms with Crippen LogP contribution in [0.1, 0.15) is 15.9 Å². The Morgan fingerprint density at radius 1 is 1.06 bits per heavy atom. The first-order valence-electron chi connectivity index (χ1n) is 10.4. The van der Waals surface area contributed by atoms with E-state index in [1.807, 2.05) is 43.4 Å². The number of para-hydroxylation sites is 1. The highest BCUT2D eigenvalue weighted by atomic mass is 35.5. The number of carbonyl (C=O) groups is 1. The molecule has 10 heteroatoms. The Labute approximate surface area is 206 Å². The number of fused-ring (bicyclic) bond motifs is 1. The van der Waals surface area contributed by atoms with Crippen LogP contribution in [0.5, 0.6) is 0 Å². The highest BCUT2D eigenvalue weighted by Crippen LogP contribution is 2.37. The third-order valence-corrected chi connectivity index (χ3v) is 6.15. The fraction of sp³-hybridized carbons (Fsp3) is 0.125. The quantitative estimate of drug-likeness (QED) is 0.423. The number of benzene rings is 2. The number of carbonyl (C=O) groups excluding carboxylic acids is 1. The number of aryl methyl sites for hydroxylation is 1. The van der Waals surface area contributed by atoms with Crippen molar-refractivity contribution >= 4 is 52.3 Å². The lowest BCUT2D eigenvalue weighted by Gasteiger charge is -2.35. The highest BCUT2D eigenvalue weighted by molar-refractivity contribution is 6.40. The molecule has 1 radical (unpaired) electrons. The second-order valence-electron chi connectivity index (χ2n) is 7.97. The van der Waals surface area contributed by atoms with Crippen molar-refractivity contribution in [3.63, 3.8) is 0 Å². The average Bonchev–Trinajstić information content (AvgIpc) is 3.23. The topological polar surface area (TPSA) is 79.2 Å². The summed E-state index contributed by atoms with van der Waals surface area (Å²) in [6.07, 6.45) is 5.25. The van der Waals surface area contributed by atoms with Crippen molar-refractivity contribution in [1.29, 1.82) is 0 Å². The summed E-state index contributed by atoms with van der Waals surface area (Å²) in [5.41, 5.74) is 4.44. The number of anilines is 4. The van der Waals surface area contributed by atoms with Gasteiger partial charge in [0.15, 0.2) is 0 Å². The maximum Gasteiger partial charge on any atom is 0.265 e. The molecule has 1 amide bonds. The van der Waals surface area contributed by atoms with Gasteiger partial charge in [-0.25, -0.2) is 4.98 Å². The van der Waals surface area contributed by atoms with Crippen LogP contribution in [0, 0.1) is 6.92 Å². The molecule has 0 unspecified atom stereocenters. The molecule has 2 aromatic heterocycles. The lowest BCUT2D eigenvalue weighted by molar-refractivity contribution is 0.0982. The minimum absolute atomic E-state index is 0.245. The van der Waals surface area contributed by atoms with Crippen LogP contribution in [0.4, 0.5) is 23.1 Å². The van der Waals surface area contributed by atoms with Crippen molar-refractivity contribution in [1.82, 2.24) is 19.7 Å². The predicted molar refractivity (Wildman–Crippen MR) is 135 cm³/mol. The minimum Gasteiger partial charge on any atom is -0.341 e. The Hall–Kier alpha value is -3.62. The SMILES string of the molecule is [CH2]c1cc(Nc2ncc3c(n2)N(C)CN(c2c(Cl)cccc2Cl)C3=O)ccc1-c1cnn(C)c1. The van der Waals surface area contributed by atoms with Gasteiger partial charge in [0.2, 0.25) is 5.95 Å². The molecule has 1 aliphatic rings. The molecule has 0 atom stereocenters. The van der Waals surface area contributed by atoms with Crippen LogP contribution in [0.15, 0.2) is 55.0 Å². The van der Waals surface area contributed by atoms with Crippen LogP contribution in [-0.4, -0.2) is 39.4 Å². The van der Waals surface area contributed by atoms with Crippen LogP contribution in [0.25, 0.3) is 11.1 Å². The Morgan fingerprint density at radius 3 is 2.50 bits per heavy atom. The monoisotopic (exact) mass is 492 g/mol. The van der Waals surface area contributed by atoms with E-state index >= 15 is 0 Å². The molecule has 1 aliphatic heterocycles. The summed E-state index contributed by atoms with van der Waals surface area (Å²) in [6.45, 7) is 4.40. The smallest absolute Gasteiger partial charge is 0.265 e. The third kappa shape index (κ3) is 3.95. The second kappa shape index (κ2) is 8.62. The van der Waals surface area contributed by atoms with Gasteiger partial charge < -0.3 is 10.2 Å². The van der Waals surface area contributed by atoms with Crippen LogP contribution in [0.2, 0.25) is 10.0 Å². The van der Waals surface area contributed by atoms with Gasteiger partial charge in [-0.3, -0.25) is 14.4 Å². The van der Waals surface area contributed by atoms with E-state index in [2.05, 4.69) is 27.3 Å². The van der Waals surface area contributed by atoms with E-state index in [0.717, 1.165) is 22.4 Å². The van der Waals surface area contributed by atoms with Crippen molar-refractivity contribution < 1.29 is 4.79 Å². The molecule has 2 aromatic carbocycles. The average molecular weight is 493 g/mol. The molecule has 0 bridgehead atoms. The van der Waals surface area contributed by atoms with E-state index < -0.39 is 0 Å². The lowest BCUT2D eigenvalue weighted by Crippen LogP contribution is -2.46. The maximum absolute atomic E-state index is 13.2. The molecule has 0 fully saturated rings. The largest absolute Gasteiger partial charge is 0.341 e. The summed E-state index contributed by atoms with van der Waals surface area (Å²) >= 11 is 12.7. The molecule has 0 aliphatic carbocycles. The van der Waals surface area contributed by atoms with Gasteiger partial charge in [-0.2, -0.15) is 10.1 Å². The zero-order valence-electron chi connectivity index (χ0n) is 18.5. The first-order valence-corrected chi connectivity index (χ1v) is 11.1. The molecular formula is C24H20Cl2N7O. The summed E-state index contributed by atoms with van der Waals surface area (Å²) in [6, 6.07) is 11.0.